The summed E-state index contributed by atoms with van der Waals surface area (Å²) in [5.74, 6) is -2.38. The number of aliphatic hydroxyl groups excluding tert-OH is 1. The number of nitrogens with two attached hydrogens (primary N) is 1. The summed E-state index contributed by atoms with van der Waals surface area (Å²) in [4.78, 5) is 18.8. The summed E-state index contributed by atoms with van der Waals surface area (Å²) in [7, 11) is 0. The van der Waals surface area contributed by atoms with Crippen molar-refractivity contribution in [2.45, 2.75) is 37.3 Å². The van der Waals surface area contributed by atoms with Gasteiger partial charge in [0.2, 0.25) is 0 Å². The van der Waals surface area contributed by atoms with E-state index in [0.29, 0.717) is 6.07 Å². The van der Waals surface area contributed by atoms with Gasteiger partial charge in [-0.15, -0.1) is 0 Å². The molecule has 1 aromatic heterocycles. The molecule has 2 aromatic rings. The summed E-state index contributed by atoms with van der Waals surface area (Å²) < 4.78 is 93.5. The predicted octanol–water partition coefficient (Wildman–Crippen LogP) is 4.23. The normalized spacial score (nSPS) is 18.7. The molecule has 3 N–H and O–H groups in total. The van der Waals surface area contributed by atoms with Gasteiger partial charge in [0.15, 0.2) is 0 Å². The maximum Gasteiger partial charge on any atom is 0.433 e. The highest BCUT2D eigenvalue weighted by Gasteiger charge is 2.44. The van der Waals surface area contributed by atoms with Crippen LogP contribution in [0.1, 0.15) is 24.1 Å². The van der Waals surface area contributed by atoms with Crippen LogP contribution in [0.4, 0.5) is 42.2 Å². The van der Waals surface area contributed by atoms with Crippen molar-refractivity contribution in [1.29, 1.82) is 0 Å². The molecule has 1 fully saturated rings. The lowest BCUT2D eigenvalue weighted by molar-refractivity contribution is -0.145. The van der Waals surface area contributed by atoms with Crippen LogP contribution in [0, 0.1) is 5.82 Å². The number of carbonyl (C=O) groups excluding carboxylic acids is 1. The third-order valence-electron chi connectivity index (χ3n) is 5.41. The molecule has 0 bridgehead atoms. The number of hydrogen-bond acceptors (Lipinski definition) is 5. The molecule has 1 aromatic carbocycles. The van der Waals surface area contributed by atoms with E-state index in [9.17, 15) is 40.6 Å². The van der Waals surface area contributed by atoms with Crippen LogP contribution in [0.25, 0.3) is 0 Å². The van der Waals surface area contributed by atoms with Crippen LogP contribution in [-0.4, -0.2) is 47.8 Å². The fourth-order valence-electron chi connectivity index (χ4n) is 3.73. The number of pyridine rings is 1. The number of anilines is 2. The summed E-state index contributed by atoms with van der Waals surface area (Å²) in [6.07, 6.45) is -11.6. The molecule has 1 aliphatic rings. The molecular weight excluding hydrogens is 509 g/mol. The van der Waals surface area contributed by atoms with Crippen molar-refractivity contribution in [3.8, 4) is 0 Å². The van der Waals surface area contributed by atoms with Crippen molar-refractivity contribution in [1.82, 2.24) is 4.98 Å². The highest BCUT2D eigenvalue weighted by Crippen LogP contribution is 2.38. The van der Waals surface area contributed by atoms with Gasteiger partial charge >= 0.3 is 12.4 Å². The second-order valence-electron chi connectivity index (χ2n) is 7.82. The van der Waals surface area contributed by atoms with Crippen LogP contribution in [0.5, 0.6) is 0 Å². The maximum absolute atomic E-state index is 13.6. The van der Waals surface area contributed by atoms with Crippen LogP contribution in [0.3, 0.4) is 0 Å². The minimum absolute atomic E-state index is 0.0296. The number of hydrogen-bond donors (Lipinski definition) is 2. The quantitative estimate of drug-likeness (QED) is 0.548. The summed E-state index contributed by atoms with van der Waals surface area (Å²) >= 11 is 5.81. The zero-order valence-corrected chi connectivity index (χ0v) is 18.6. The highest BCUT2D eigenvalue weighted by atomic mass is 35.5. The fraction of sp³-hybridized carbons (Fsp3) is 0.429. The van der Waals surface area contributed by atoms with Crippen LogP contribution < -0.4 is 15.5 Å². The first kappa shape index (κ1) is 27.0. The van der Waals surface area contributed by atoms with Crippen molar-refractivity contribution < 1.29 is 40.6 Å². The summed E-state index contributed by atoms with van der Waals surface area (Å²) in [5.41, 5.74) is 2.23. The first-order valence-corrected chi connectivity index (χ1v) is 10.7. The van der Waals surface area contributed by atoms with E-state index in [1.54, 1.807) is 0 Å². The van der Waals surface area contributed by atoms with Gasteiger partial charge < -0.3 is 20.6 Å². The lowest BCUT2D eigenvalue weighted by atomic mass is 10.1. The van der Waals surface area contributed by atoms with E-state index >= 15 is 0 Å². The number of aliphatic hydroxyl groups is 1. The molecule has 0 aliphatic carbocycles. The molecule has 2 heterocycles. The molecule has 0 unspecified atom stereocenters. The Morgan fingerprint density at radius 2 is 1.86 bits per heavy atom. The molecule has 0 radical (unpaired) electrons. The second-order valence-corrected chi connectivity index (χ2v) is 8.23. The average molecular weight is 529 g/mol. The molecule has 1 saturated heterocycles. The van der Waals surface area contributed by atoms with E-state index in [2.05, 4.69) is 4.98 Å². The average Bonchev–Trinajstić information content (AvgIpc) is 3.16. The van der Waals surface area contributed by atoms with Crippen LogP contribution >= 0.6 is 11.6 Å². The Morgan fingerprint density at radius 1 is 1.17 bits per heavy atom. The van der Waals surface area contributed by atoms with Gasteiger partial charge in [-0.3, -0.25) is 4.79 Å². The second kappa shape index (κ2) is 10.2. The first-order chi connectivity index (χ1) is 16.2. The molecule has 1 amide bonds. The number of aromatic nitrogens is 1. The van der Waals surface area contributed by atoms with Gasteiger partial charge in [-0.05, 0) is 49.7 Å². The largest absolute Gasteiger partial charge is 0.433 e. The van der Waals surface area contributed by atoms with E-state index < -0.39 is 53.3 Å². The van der Waals surface area contributed by atoms with Crippen LogP contribution in [0.2, 0.25) is 5.02 Å². The number of rotatable bonds is 6. The predicted molar refractivity (Wildman–Crippen MR) is 113 cm³/mol. The molecule has 2 atom stereocenters. The smallest absolute Gasteiger partial charge is 0.390 e. The van der Waals surface area contributed by atoms with Gasteiger partial charge in [-0.25, -0.2) is 9.37 Å². The van der Waals surface area contributed by atoms with Gasteiger partial charge in [0.05, 0.1) is 16.7 Å². The van der Waals surface area contributed by atoms with Gasteiger partial charge in [0, 0.05) is 18.8 Å². The molecule has 0 spiro atoms. The third kappa shape index (κ3) is 5.96. The molecular formula is C21H20ClF7N4O2. The Labute approximate surface area is 200 Å². The molecule has 3 rings (SSSR count). The number of nitrogens with zero attached hydrogens (tertiary/aromatic N) is 3. The van der Waals surface area contributed by atoms with Crippen molar-refractivity contribution in [3.63, 3.8) is 0 Å². The SMILES string of the molecule is NCCCN(C(=O)[C@@H]1[C@H](O)CCN1c1cc(C(F)(F)F)cc(C(F)(F)F)n1)c1ccc(F)c(Cl)c1. The Balaban J connectivity index is 2.06. The Kier molecular flexibility index (Phi) is 7.82. The number of amides is 1. The third-order valence-corrected chi connectivity index (χ3v) is 5.70. The van der Waals surface area contributed by atoms with E-state index in [0.717, 1.165) is 21.9 Å². The standard InChI is InChI=1S/C21H20ClF7N4O2/c22-13-10-12(2-3-14(13)23)32(6-1-5-30)19(35)18-15(34)4-7-33(18)17-9-11(20(24,25)26)8-16(31-17)21(27,28)29/h2-3,8-10,15,18,34H,1,4-7,30H2/t15-,18+/m1/s1. The van der Waals surface area contributed by atoms with E-state index in [1.807, 2.05) is 0 Å². The van der Waals surface area contributed by atoms with E-state index in [1.165, 1.54) is 6.07 Å². The zero-order valence-electron chi connectivity index (χ0n) is 17.9. The molecule has 192 valence electrons. The van der Waals surface area contributed by atoms with Gasteiger partial charge in [-0.2, -0.15) is 26.3 Å². The maximum atomic E-state index is 13.6. The lowest BCUT2D eigenvalue weighted by Gasteiger charge is -2.32. The summed E-state index contributed by atoms with van der Waals surface area (Å²) in [6, 6.07) is 2.07. The first-order valence-electron chi connectivity index (χ1n) is 10.3. The molecule has 6 nitrogen and oxygen atoms in total. The van der Waals surface area contributed by atoms with Crippen LogP contribution in [0.15, 0.2) is 30.3 Å². The Hall–Kier alpha value is -2.64. The van der Waals surface area contributed by atoms with Crippen LogP contribution in [-0.2, 0) is 17.1 Å². The Bertz CT molecular complexity index is 1050. The summed E-state index contributed by atoms with van der Waals surface area (Å²) in [5, 5.41) is 10.2. The number of benzene rings is 1. The van der Waals surface area contributed by atoms with Gasteiger partial charge in [0.25, 0.3) is 5.91 Å². The summed E-state index contributed by atoms with van der Waals surface area (Å²) in [6.45, 7) is -0.129. The minimum atomic E-state index is -5.19. The molecule has 1 aliphatic heterocycles. The van der Waals surface area contributed by atoms with Crippen molar-refractivity contribution in [2.75, 3.05) is 29.4 Å². The minimum Gasteiger partial charge on any atom is -0.390 e. The topological polar surface area (TPSA) is 82.7 Å². The van der Waals surface area contributed by atoms with Crippen molar-refractivity contribution in [2.24, 2.45) is 5.73 Å². The highest BCUT2D eigenvalue weighted by molar-refractivity contribution is 6.31. The number of carbonyl (C=O) groups is 1. The number of halogens is 8. The van der Waals surface area contributed by atoms with Gasteiger partial charge in [0.1, 0.15) is 23.4 Å². The van der Waals surface area contributed by atoms with Gasteiger partial charge in [-0.1, -0.05) is 11.6 Å². The lowest BCUT2D eigenvalue weighted by Crippen LogP contribution is -2.51. The Morgan fingerprint density at radius 3 is 2.43 bits per heavy atom. The fourth-order valence-corrected chi connectivity index (χ4v) is 3.91. The van der Waals surface area contributed by atoms with E-state index in [-0.39, 0.29) is 49.3 Å². The van der Waals surface area contributed by atoms with E-state index in [4.69, 9.17) is 17.3 Å². The molecule has 14 heteroatoms. The van der Waals surface area contributed by atoms with Crippen molar-refractivity contribution in [3.05, 3.63) is 52.4 Å². The molecule has 0 saturated carbocycles. The number of alkyl halides is 6. The zero-order chi connectivity index (χ0) is 26.1. The molecule has 35 heavy (non-hydrogen) atoms. The monoisotopic (exact) mass is 528 g/mol. The van der Waals surface area contributed by atoms with Crippen molar-refractivity contribution >= 4 is 29.0 Å².